The van der Waals surface area contributed by atoms with Gasteiger partial charge in [-0.25, -0.2) is 4.39 Å². The van der Waals surface area contributed by atoms with Crippen LogP contribution in [0.5, 0.6) is 5.75 Å². The molecule has 0 heterocycles. The van der Waals surface area contributed by atoms with Crippen molar-refractivity contribution in [2.24, 2.45) is 0 Å². The van der Waals surface area contributed by atoms with E-state index in [1.807, 2.05) is 24.3 Å². The molecule has 0 amide bonds. The summed E-state index contributed by atoms with van der Waals surface area (Å²) in [5, 5.41) is 0. The number of carbonyl (C=O) groups is 1. The monoisotopic (exact) mass is 288 g/mol. The number of halogens is 1. The van der Waals surface area contributed by atoms with E-state index in [4.69, 9.17) is 9.47 Å². The molecule has 0 spiro atoms. The van der Waals surface area contributed by atoms with Gasteiger partial charge in [0.15, 0.2) is 0 Å². The molecule has 2 aromatic rings. The fourth-order valence-electron chi connectivity index (χ4n) is 1.99. The second-order valence-electron chi connectivity index (χ2n) is 4.60. The van der Waals surface area contributed by atoms with Crippen molar-refractivity contribution in [3.63, 3.8) is 0 Å². The predicted octanol–water partition coefficient (Wildman–Crippen LogP) is 3.51. The van der Waals surface area contributed by atoms with Gasteiger partial charge in [0.25, 0.3) is 0 Å². The van der Waals surface area contributed by atoms with Crippen LogP contribution in [0.3, 0.4) is 0 Å². The van der Waals surface area contributed by atoms with Gasteiger partial charge in [-0.1, -0.05) is 30.3 Å². The van der Waals surface area contributed by atoms with Crippen LogP contribution < -0.4 is 4.74 Å². The number of rotatable bonds is 6. The summed E-state index contributed by atoms with van der Waals surface area (Å²) in [5.41, 5.74) is 1.60. The van der Waals surface area contributed by atoms with Crippen LogP contribution in [0.2, 0.25) is 0 Å². The summed E-state index contributed by atoms with van der Waals surface area (Å²) in [6.07, 6.45) is 0.682. The molecule has 4 heteroatoms. The maximum atomic E-state index is 13.0. The Hall–Kier alpha value is -2.36. The second-order valence-corrected chi connectivity index (χ2v) is 4.60. The van der Waals surface area contributed by atoms with E-state index >= 15 is 0 Å². The standard InChI is InChI=1S/C17H17FO3/c1-20-16-8-3-2-6-14(16)12-21-17(19)10-9-13-5-4-7-15(18)11-13/h2-8,11H,9-10,12H2,1H3. The quantitative estimate of drug-likeness (QED) is 0.763. The molecule has 3 nitrogen and oxygen atoms in total. The summed E-state index contributed by atoms with van der Waals surface area (Å²) in [6, 6.07) is 13.6. The lowest BCUT2D eigenvalue weighted by molar-refractivity contribution is -0.144. The first-order valence-corrected chi connectivity index (χ1v) is 6.71. The van der Waals surface area contributed by atoms with Crippen LogP contribution in [0.15, 0.2) is 48.5 Å². The van der Waals surface area contributed by atoms with E-state index in [1.54, 1.807) is 19.2 Å². The largest absolute Gasteiger partial charge is 0.496 e. The Bertz CT molecular complexity index is 610. The third kappa shape index (κ3) is 4.60. The van der Waals surface area contributed by atoms with Gasteiger partial charge in [-0.05, 0) is 30.2 Å². The first-order chi connectivity index (χ1) is 10.2. The Labute approximate surface area is 123 Å². The number of hydrogen-bond acceptors (Lipinski definition) is 3. The lowest BCUT2D eigenvalue weighted by atomic mass is 10.1. The van der Waals surface area contributed by atoms with Crippen molar-refractivity contribution in [3.05, 3.63) is 65.5 Å². The van der Waals surface area contributed by atoms with Crippen molar-refractivity contribution < 1.29 is 18.7 Å². The maximum Gasteiger partial charge on any atom is 0.306 e. The van der Waals surface area contributed by atoms with Crippen LogP contribution in [-0.2, 0) is 22.6 Å². The number of benzene rings is 2. The molecule has 0 saturated carbocycles. The third-order valence-electron chi connectivity index (χ3n) is 3.09. The van der Waals surface area contributed by atoms with E-state index < -0.39 is 0 Å². The van der Waals surface area contributed by atoms with Crippen LogP contribution >= 0.6 is 0 Å². The minimum Gasteiger partial charge on any atom is -0.496 e. The highest BCUT2D eigenvalue weighted by molar-refractivity contribution is 5.69. The van der Waals surface area contributed by atoms with Crippen molar-refractivity contribution in [3.8, 4) is 5.75 Å². The van der Waals surface area contributed by atoms with Crippen LogP contribution in [-0.4, -0.2) is 13.1 Å². The van der Waals surface area contributed by atoms with Gasteiger partial charge < -0.3 is 9.47 Å². The Kier molecular flexibility index (Phi) is 5.32. The van der Waals surface area contributed by atoms with Gasteiger partial charge in [-0.2, -0.15) is 0 Å². The molecule has 0 N–H and O–H groups in total. The molecule has 0 aliphatic carbocycles. The van der Waals surface area contributed by atoms with E-state index in [1.165, 1.54) is 12.1 Å². The molecule has 0 bridgehead atoms. The molecule has 21 heavy (non-hydrogen) atoms. The Balaban J connectivity index is 1.82. The van der Waals surface area contributed by atoms with Crippen molar-refractivity contribution >= 4 is 5.97 Å². The molecular weight excluding hydrogens is 271 g/mol. The predicted molar refractivity (Wildman–Crippen MR) is 77.5 cm³/mol. The molecule has 0 atom stereocenters. The van der Waals surface area contributed by atoms with Gasteiger partial charge in [0.2, 0.25) is 0 Å². The Morgan fingerprint density at radius 3 is 2.71 bits per heavy atom. The Morgan fingerprint density at radius 1 is 1.14 bits per heavy atom. The van der Waals surface area contributed by atoms with Crippen molar-refractivity contribution in [2.75, 3.05) is 7.11 Å². The number of esters is 1. The molecule has 2 aromatic carbocycles. The molecule has 0 aliphatic rings. The minimum absolute atomic E-state index is 0.173. The molecule has 0 aliphatic heterocycles. The van der Waals surface area contributed by atoms with Crippen LogP contribution in [0, 0.1) is 5.82 Å². The van der Waals surface area contributed by atoms with Gasteiger partial charge in [0.05, 0.1) is 7.11 Å². The summed E-state index contributed by atoms with van der Waals surface area (Å²) >= 11 is 0. The van der Waals surface area contributed by atoms with Gasteiger partial charge in [0.1, 0.15) is 18.2 Å². The zero-order chi connectivity index (χ0) is 15.1. The van der Waals surface area contributed by atoms with Gasteiger partial charge in [-0.3, -0.25) is 4.79 Å². The lowest BCUT2D eigenvalue weighted by Gasteiger charge is -2.09. The minimum atomic E-state index is -0.315. The van der Waals surface area contributed by atoms with E-state index in [9.17, 15) is 9.18 Å². The first kappa shape index (κ1) is 15.0. The zero-order valence-electron chi connectivity index (χ0n) is 11.8. The van der Waals surface area contributed by atoms with Crippen molar-refractivity contribution in [1.29, 1.82) is 0 Å². The van der Waals surface area contributed by atoms with E-state index in [0.717, 1.165) is 11.1 Å². The third-order valence-corrected chi connectivity index (χ3v) is 3.09. The summed E-state index contributed by atoms with van der Waals surface area (Å²) < 4.78 is 23.4. The number of para-hydroxylation sites is 1. The van der Waals surface area contributed by atoms with E-state index in [-0.39, 0.29) is 24.8 Å². The molecule has 0 saturated heterocycles. The first-order valence-electron chi connectivity index (χ1n) is 6.71. The average molecular weight is 288 g/mol. The molecule has 0 unspecified atom stereocenters. The molecular formula is C17H17FO3. The smallest absolute Gasteiger partial charge is 0.306 e. The van der Waals surface area contributed by atoms with Gasteiger partial charge in [-0.15, -0.1) is 0 Å². The highest BCUT2D eigenvalue weighted by atomic mass is 19.1. The number of aryl methyl sites for hydroxylation is 1. The zero-order valence-corrected chi connectivity index (χ0v) is 11.8. The second kappa shape index (κ2) is 7.43. The highest BCUT2D eigenvalue weighted by Gasteiger charge is 2.07. The van der Waals surface area contributed by atoms with Gasteiger partial charge >= 0.3 is 5.97 Å². The van der Waals surface area contributed by atoms with Crippen molar-refractivity contribution in [1.82, 2.24) is 0 Å². The van der Waals surface area contributed by atoms with E-state index in [2.05, 4.69) is 0 Å². The molecule has 110 valence electrons. The summed E-state index contributed by atoms with van der Waals surface area (Å²) in [6.45, 7) is 0.173. The Morgan fingerprint density at radius 2 is 1.95 bits per heavy atom. The molecule has 0 aromatic heterocycles. The summed E-state index contributed by atoms with van der Waals surface area (Å²) in [5.74, 6) is 0.0792. The number of ether oxygens (including phenoxy) is 2. The topological polar surface area (TPSA) is 35.5 Å². The fourth-order valence-corrected chi connectivity index (χ4v) is 1.99. The SMILES string of the molecule is COc1ccccc1COC(=O)CCc1cccc(F)c1. The number of methoxy groups -OCH3 is 1. The summed E-state index contributed by atoms with van der Waals surface area (Å²) in [4.78, 5) is 11.7. The van der Waals surface area contributed by atoms with Crippen molar-refractivity contribution in [2.45, 2.75) is 19.4 Å². The molecule has 2 rings (SSSR count). The number of carbonyl (C=O) groups excluding carboxylic acids is 1. The number of hydrogen-bond donors (Lipinski definition) is 0. The van der Waals surface area contributed by atoms with Crippen LogP contribution in [0.25, 0.3) is 0 Å². The molecule has 0 radical (unpaired) electrons. The normalized spacial score (nSPS) is 10.2. The highest BCUT2D eigenvalue weighted by Crippen LogP contribution is 2.18. The summed E-state index contributed by atoms with van der Waals surface area (Å²) in [7, 11) is 1.57. The van der Waals surface area contributed by atoms with Crippen LogP contribution in [0.1, 0.15) is 17.5 Å². The van der Waals surface area contributed by atoms with Gasteiger partial charge in [0, 0.05) is 12.0 Å². The maximum absolute atomic E-state index is 13.0. The molecule has 0 fully saturated rings. The fraction of sp³-hybridized carbons (Fsp3) is 0.235. The van der Waals surface area contributed by atoms with E-state index in [0.29, 0.717) is 12.2 Å². The van der Waals surface area contributed by atoms with Crippen LogP contribution in [0.4, 0.5) is 4.39 Å². The lowest BCUT2D eigenvalue weighted by Crippen LogP contribution is -2.06. The average Bonchev–Trinajstić information content (AvgIpc) is 2.51.